The topological polar surface area (TPSA) is 41.8 Å². The summed E-state index contributed by atoms with van der Waals surface area (Å²) < 4.78 is 0. The van der Waals surface area contributed by atoms with E-state index < -0.39 is 6.10 Å². The summed E-state index contributed by atoms with van der Waals surface area (Å²) >= 11 is 12.2. The van der Waals surface area contributed by atoms with Crippen molar-refractivity contribution in [1.29, 1.82) is 0 Å². The molecule has 0 saturated heterocycles. The van der Waals surface area contributed by atoms with Crippen molar-refractivity contribution < 1.29 is 9.94 Å². The van der Waals surface area contributed by atoms with Gasteiger partial charge in [-0.2, -0.15) is 0 Å². The van der Waals surface area contributed by atoms with Gasteiger partial charge in [0.2, 0.25) is 0 Å². The highest BCUT2D eigenvalue weighted by Crippen LogP contribution is 2.30. The molecule has 2 rings (SSSR count). The third-order valence-corrected chi connectivity index (χ3v) is 3.42. The predicted molar refractivity (Wildman–Crippen MR) is 68.8 cm³/mol. The van der Waals surface area contributed by atoms with Crippen molar-refractivity contribution >= 4 is 28.9 Å². The Kier molecular flexibility index (Phi) is 3.92. The number of nitrogens with zero attached hydrogens (tertiary/aromatic N) is 1. The third kappa shape index (κ3) is 2.57. The average Bonchev–Trinajstić information content (AvgIpc) is 2.77. The Morgan fingerprint density at radius 3 is 2.71 bits per heavy atom. The minimum Gasteiger partial charge on any atom is -0.389 e. The van der Waals surface area contributed by atoms with Crippen LogP contribution in [0.3, 0.4) is 0 Å². The first-order chi connectivity index (χ1) is 8.13. The second kappa shape index (κ2) is 5.25. The van der Waals surface area contributed by atoms with Crippen molar-refractivity contribution in [3.63, 3.8) is 0 Å². The maximum Gasteiger partial charge on any atom is 0.158 e. The van der Waals surface area contributed by atoms with E-state index >= 15 is 0 Å². The third-order valence-electron chi connectivity index (χ3n) is 2.79. The molecule has 1 aromatic carbocycles. The van der Waals surface area contributed by atoms with E-state index in [1.165, 1.54) is 0 Å². The van der Waals surface area contributed by atoms with Crippen LogP contribution < -0.4 is 0 Å². The molecule has 1 N–H and O–H groups in total. The summed E-state index contributed by atoms with van der Waals surface area (Å²) in [6.07, 6.45) is 0.335. The molecule has 0 fully saturated rings. The van der Waals surface area contributed by atoms with E-state index in [1.807, 2.05) is 6.92 Å². The lowest BCUT2D eigenvalue weighted by molar-refractivity contribution is -0.0182. The molecule has 0 aromatic heterocycles. The van der Waals surface area contributed by atoms with Crippen molar-refractivity contribution in [3.05, 3.63) is 33.8 Å². The molecule has 1 aliphatic heterocycles. The summed E-state index contributed by atoms with van der Waals surface area (Å²) in [5.74, 6) is 0. The van der Waals surface area contributed by atoms with Crippen LogP contribution in [0, 0.1) is 0 Å². The minimum absolute atomic E-state index is 0.303. The maximum absolute atomic E-state index is 9.70. The van der Waals surface area contributed by atoms with Gasteiger partial charge in [0.15, 0.2) is 6.10 Å². The number of halogens is 2. The van der Waals surface area contributed by atoms with Crippen molar-refractivity contribution in [1.82, 2.24) is 0 Å². The molecular weight excluding hydrogens is 261 g/mol. The van der Waals surface area contributed by atoms with Crippen molar-refractivity contribution in [3.8, 4) is 0 Å². The van der Waals surface area contributed by atoms with Crippen LogP contribution in [0.15, 0.2) is 23.4 Å². The Labute approximate surface area is 110 Å². The van der Waals surface area contributed by atoms with Gasteiger partial charge in [-0.15, -0.1) is 0 Å². The molecule has 0 amide bonds. The average molecular weight is 274 g/mol. The molecule has 1 aliphatic rings. The first-order valence-corrected chi connectivity index (χ1v) is 6.24. The molecule has 0 unspecified atom stereocenters. The second-order valence-corrected chi connectivity index (χ2v) is 4.77. The SMILES string of the molecule is CC[C@H](O)[C@@H]1CC(c2c(Cl)cccc2Cl)=NO1. The number of rotatable bonds is 3. The van der Waals surface area contributed by atoms with Crippen LogP contribution in [0.5, 0.6) is 0 Å². The zero-order valence-electron chi connectivity index (χ0n) is 9.36. The zero-order chi connectivity index (χ0) is 12.4. The van der Waals surface area contributed by atoms with Crippen LogP contribution in [0.4, 0.5) is 0 Å². The fraction of sp³-hybridized carbons (Fsp3) is 0.417. The Hall–Kier alpha value is -0.770. The van der Waals surface area contributed by atoms with Crippen LogP contribution >= 0.6 is 23.2 Å². The molecule has 0 aliphatic carbocycles. The van der Waals surface area contributed by atoms with Crippen LogP contribution in [0.2, 0.25) is 10.0 Å². The van der Waals surface area contributed by atoms with Crippen LogP contribution in [0.25, 0.3) is 0 Å². The summed E-state index contributed by atoms with van der Waals surface area (Å²) in [5.41, 5.74) is 1.39. The molecule has 17 heavy (non-hydrogen) atoms. The van der Waals surface area contributed by atoms with E-state index in [-0.39, 0.29) is 6.10 Å². The summed E-state index contributed by atoms with van der Waals surface area (Å²) in [7, 11) is 0. The largest absolute Gasteiger partial charge is 0.389 e. The van der Waals surface area contributed by atoms with Crippen molar-refractivity contribution in [2.24, 2.45) is 5.16 Å². The van der Waals surface area contributed by atoms with E-state index in [9.17, 15) is 5.11 Å². The molecule has 0 radical (unpaired) electrons. The number of aliphatic hydroxyl groups is 1. The fourth-order valence-electron chi connectivity index (χ4n) is 1.79. The first-order valence-electron chi connectivity index (χ1n) is 5.48. The molecule has 2 atom stereocenters. The highest BCUT2D eigenvalue weighted by Gasteiger charge is 2.29. The van der Waals surface area contributed by atoms with Gasteiger partial charge >= 0.3 is 0 Å². The Balaban J connectivity index is 2.21. The highest BCUT2D eigenvalue weighted by atomic mass is 35.5. The van der Waals surface area contributed by atoms with Gasteiger partial charge in [-0.25, -0.2) is 0 Å². The van der Waals surface area contributed by atoms with Crippen LogP contribution in [-0.4, -0.2) is 23.0 Å². The van der Waals surface area contributed by atoms with Gasteiger partial charge in [0, 0.05) is 12.0 Å². The van der Waals surface area contributed by atoms with E-state index in [1.54, 1.807) is 18.2 Å². The summed E-state index contributed by atoms with van der Waals surface area (Å²) in [4.78, 5) is 5.20. The smallest absolute Gasteiger partial charge is 0.158 e. The fourth-order valence-corrected chi connectivity index (χ4v) is 2.40. The monoisotopic (exact) mass is 273 g/mol. The standard InChI is InChI=1S/C12H13Cl2NO2/c1-2-10(16)11-6-9(15-17-11)12-7(13)4-3-5-8(12)14/h3-5,10-11,16H,2,6H2,1H3/t10-,11-/m0/s1. The van der Waals surface area contributed by atoms with Crippen LogP contribution in [-0.2, 0) is 4.84 Å². The quantitative estimate of drug-likeness (QED) is 0.919. The number of aliphatic hydroxyl groups excluding tert-OH is 1. The molecule has 1 aromatic rings. The van der Waals surface area contributed by atoms with Crippen LogP contribution in [0.1, 0.15) is 25.3 Å². The number of hydrogen-bond donors (Lipinski definition) is 1. The molecule has 5 heteroatoms. The molecular formula is C12H13Cl2NO2. The van der Waals surface area contributed by atoms with Gasteiger partial charge in [-0.05, 0) is 18.6 Å². The Bertz CT molecular complexity index is 428. The zero-order valence-corrected chi connectivity index (χ0v) is 10.9. The lowest BCUT2D eigenvalue weighted by Crippen LogP contribution is -2.25. The van der Waals surface area contributed by atoms with Gasteiger partial charge in [0.1, 0.15) is 0 Å². The lowest BCUT2D eigenvalue weighted by Gasteiger charge is -2.13. The van der Waals surface area contributed by atoms with E-state index in [2.05, 4.69) is 5.16 Å². The second-order valence-electron chi connectivity index (χ2n) is 3.96. The van der Waals surface area contributed by atoms with Gasteiger partial charge in [-0.3, -0.25) is 0 Å². The van der Waals surface area contributed by atoms with Gasteiger partial charge < -0.3 is 9.94 Å². The van der Waals surface area contributed by atoms with Gasteiger partial charge in [0.25, 0.3) is 0 Å². The maximum atomic E-state index is 9.70. The number of oxime groups is 1. The Morgan fingerprint density at radius 1 is 1.47 bits per heavy atom. The van der Waals surface area contributed by atoms with E-state index in [0.29, 0.717) is 34.2 Å². The molecule has 0 bridgehead atoms. The number of hydrogen-bond acceptors (Lipinski definition) is 3. The highest BCUT2D eigenvalue weighted by molar-refractivity contribution is 6.40. The molecule has 0 spiro atoms. The lowest BCUT2D eigenvalue weighted by atomic mass is 10.0. The van der Waals surface area contributed by atoms with Crippen molar-refractivity contribution in [2.45, 2.75) is 32.0 Å². The van der Waals surface area contributed by atoms with E-state index in [0.717, 1.165) is 0 Å². The van der Waals surface area contributed by atoms with Crippen molar-refractivity contribution in [2.75, 3.05) is 0 Å². The van der Waals surface area contributed by atoms with Gasteiger partial charge in [0.05, 0.1) is 21.9 Å². The summed E-state index contributed by atoms with van der Waals surface area (Å²) in [6, 6.07) is 5.30. The molecule has 3 nitrogen and oxygen atoms in total. The minimum atomic E-state index is -0.516. The molecule has 1 heterocycles. The first kappa shape index (κ1) is 12.7. The normalized spacial score (nSPS) is 20.9. The van der Waals surface area contributed by atoms with E-state index in [4.69, 9.17) is 28.0 Å². The number of benzene rings is 1. The predicted octanol–water partition coefficient (Wildman–Crippen LogP) is 3.26. The molecule has 0 saturated carbocycles. The summed E-state index contributed by atoms with van der Waals surface area (Å²) in [6.45, 7) is 1.90. The van der Waals surface area contributed by atoms with Gasteiger partial charge in [-0.1, -0.05) is 41.3 Å². The molecule has 92 valence electrons. The Morgan fingerprint density at radius 2 is 2.12 bits per heavy atom. The summed E-state index contributed by atoms with van der Waals surface area (Å²) in [5, 5.41) is 14.8.